The van der Waals surface area contributed by atoms with Crippen LogP contribution in [0.15, 0.2) is 35.8 Å². The average Bonchev–Trinajstić information content (AvgIpc) is 3.08. The molecule has 0 spiro atoms. The maximum atomic E-state index is 12.9. The minimum atomic E-state index is 0.0278. The Balaban J connectivity index is 1.40. The van der Waals surface area contributed by atoms with Crippen molar-refractivity contribution >= 4 is 22.4 Å². The molecule has 5 nitrogen and oxygen atoms in total. The van der Waals surface area contributed by atoms with Gasteiger partial charge in [-0.05, 0) is 24.5 Å². The van der Waals surface area contributed by atoms with Crippen LogP contribution in [0.1, 0.15) is 12.0 Å². The zero-order chi connectivity index (χ0) is 16.4. The molecule has 1 amide bonds. The molecular weight excluding hydrogens is 322 g/mol. The topological polar surface area (TPSA) is 45.7 Å². The van der Waals surface area contributed by atoms with E-state index in [4.69, 9.17) is 4.74 Å². The summed E-state index contributed by atoms with van der Waals surface area (Å²) < 4.78 is 5.80. The van der Waals surface area contributed by atoms with Crippen molar-refractivity contribution in [2.45, 2.75) is 12.8 Å². The lowest BCUT2D eigenvalue weighted by Crippen LogP contribution is -2.50. The number of nitrogens with zero attached hydrogens (tertiary/aromatic N) is 3. The normalized spacial score (nSPS) is 20.9. The highest BCUT2D eigenvalue weighted by atomic mass is 32.1. The van der Waals surface area contributed by atoms with Gasteiger partial charge in [0.1, 0.15) is 5.75 Å². The lowest BCUT2D eigenvalue weighted by Gasteiger charge is -2.36. The summed E-state index contributed by atoms with van der Waals surface area (Å²) in [5, 5.41) is 3.05. The molecule has 126 valence electrons. The van der Waals surface area contributed by atoms with Crippen molar-refractivity contribution in [3.05, 3.63) is 41.4 Å². The Morgan fingerprint density at radius 1 is 1.21 bits per heavy atom. The second kappa shape index (κ2) is 6.81. The highest BCUT2D eigenvalue weighted by Gasteiger charge is 2.30. The number of hydrogen-bond donors (Lipinski definition) is 0. The lowest BCUT2D eigenvalue weighted by atomic mass is 9.95. The summed E-state index contributed by atoms with van der Waals surface area (Å²) in [7, 11) is 0. The molecule has 1 fully saturated rings. The number of carbonyl (C=O) groups is 1. The summed E-state index contributed by atoms with van der Waals surface area (Å²) >= 11 is 1.66. The predicted octanol–water partition coefficient (Wildman–Crippen LogP) is 2.43. The van der Waals surface area contributed by atoms with Crippen LogP contribution in [0.2, 0.25) is 0 Å². The predicted molar refractivity (Wildman–Crippen MR) is 94.7 cm³/mol. The highest BCUT2D eigenvalue weighted by molar-refractivity contribution is 7.13. The van der Waals surface area contributed by atoms with Crippen molar-refractivity contribution in [3.8, 4) is 5.75 Å². The fourth-order valence-corrected chi connectivity index (χ4v) is 4.15. The molecule has 0 radical (unpaired) electrons. The van der Waals surface area contributed by atoms with Crippen LogP contribution >= 0.6 is 11.3 Å². The second-order valence-electron chi connectivity index (χ2n) is 6.27. The zero-order valence-corrected chi connectivity index (χ0v) is 14.4. The molecule has 3 heterocycles. The van der Waals surface area contributed by atoms with Crippen LogP contribution in [0.3, 0.4) is 0 Å². The van der Waals surface area contributed by atoms with Crippen LogP contribution in [-0.2, 0) is 11.2 Å². The lowest BCUT2D eigenvalue weighted by molar-refractivity contribution is -0.136. The molecule has 2 aliphatic heterocycles. The molecule has 0 unspecified atom stereocenters. The maximum Gasteiger partial charge on any atom is 0.226 e. The van der Waals surface area contributed by atoms with Crippen molar-refractivity contribution in [2.75, 3.05) is 37.7 Å². The molecule has 1 atom stereocenters. The number of aromatic nitrogens is 1. The Morgan fingerprint density at radius 3 is 2.83 bits per heavy atom. The number of thiazole rings is 1. The van der Waals surface area contributed by atoms with E-state index in [0.717, 1.165) is 55.5 Å². The van der Waals surface area contributed by atoms with Crippen LogP contribution in [0, 0.1) is 5.92 Å². The Kier molecular flexibility index (Phi) is 4.38. The molecule has 4 rings (SSSR count). The van der Waals surface area contributed by atoms with Gasteiger partial charge >= 0.3 is 0 Å². The first-order chi connectivity index (χ1) is 11.8. The van der Waals surface area contributed by atoms with Gasteiger partial charge in [0.25, 0.3) is 0 Å². The molecule has 1 saturated heterocycles. The first-order valence-corrected chi connectivity index (χ1v) is 9.33. The summed E-state index contributed by atoms with van der Waals surface area (Å²) in [5.41, 5.74) is 1.15. The number of ether oxygens (including phenoxy) is 1. The van der Waals surface area contributed by atoms with Crippen molar-refractivity contribution in [2.24, 2.45) is 5.92 Å². The number of hydrogen-bond acceptors (Lipinski definition) is 5. The van der Waals surface area contributed by atoms with Gasteiger partial charge in [0.2, 0.25) is 5.91 Å². The smallest absolute Gasteiger partial charge is 0.226 e. The molecule has 2 aliphatic rings. The largest absolute Gasteiger partial charge is 0.493 e. The summed E-state index contributed by atoms with van der Waals surface area (Å²) in [4.78, 5) is 21.6. The molecule has 0 aliphatic carbocycles. The van der Waals surface area contributed by atoms with E-state index in [0.29, 0.717) is 6.61 Å². The first-order valence-electron chi connectivity index (χ1n) is 8.45. The van der Waals surface area contributed by atoms with Crippen LogP contribution in [-0.4, -0.2) is 48.6 Å². The van der Waals surface area contributed by atoms with Gasteiger partial charge in [-0.2, -0.15) is 0 Å². The van der Waals surface area contributed by atoms with Crippen molar-refractivity contribution < 1.29 is 9.53 Å². The minimum absolute atomic E-state index is 0.0278. The Morgan fingerprint density at radius 2 is 2.04 bits per heavy atom. The fraction of sp³-hybridized carbons (Fsp3) is 0.444. The Hall–Kier alpha value is -2.08. The summed E-state index contributed by atoms with van der Waals surface area (Å²) in [5.74, 6) is 1.23. The molecule has 2 aromatic rings. The van der Waals surface area contributed by atoms with Crippen molar-refractivity contribution in [3.63, 3.8) is 0 Å². The zero-order valence-electron chi connectivity index (χ0n) is 13.6. The molecular formula is C18H21N3O2S. The third kappa shape index (κ3) is 3.11. The summed E-state index contributed by atoms with van der Waals surface area (Å²) in [6, 6.07) is 8.07. The second-order valence-corrected chi connectivity index (χ2v) is 7.15. The Bertz CT molecular complexity index is 696. The highest BCUT2D eigenvalue weighted by Crippen LogP contribution is 2.28. The molecule has 24 heavy (non-hydrogen) atoms. The molecule has 1 aromatic carbocycles. The Labute approximate surface area is 145 Å². The van der Waals surface area contributed by atoms with Crippen LogP contribution in [0.25, 0.3) is 0 Å². The number of anilines is 1. The van der Waals surface area contributed by atoms with Gasteiger partial charge in [0.15, 0.2) is 5.13 Å². The minimum Gasteiger partial charge on any atom is -0.493 e. The van der Waals surface area contributed by atoms with Gasteiger partial charge in [0, 0.05) is 43.7 Å². The molecule has 0 bridgehead atoms. The SMILES string of the molecule is O=C([C@H]1CCOc2ccccc2C1)N1CCN(c2nccs2)CC1. The van der Waals surface area contributed by atoms with E-state index >= 15 is 0 Å². The molecule has 0 saturated carbocycles. The fourth-order valence-electron chi connectivity index (χ4n) is 3.45. The van der Waals surface area contributed by atoms with Gasteiger partial charge in [-0.25, -0.2) is 4.98 Å². The monoisotopic (exact) mass is 343 g/mol. The van der Waals surface area contributed by atoms with Gasteiger partial charge in [0.05, 0.1) is 6.61 Å². The van der Waals surface area contributed by atoms with Gasteiger partial charge in [-0.15, -0.1) is 11.3 Å². The number of amides is 1. The standard InChI is InChI=1S/C18H21N3O2S/c22-17(15-5-11-23-16-4-2-1-3-14(16)13-15)20-7-9-21(10-8-20)18-19-6-12-24-18/h1-4,6,12,15H,5,7-11,13H2/t15-/m0/s1. The van der Waals surface area contributed by atoms with Gasteiger partial charge in [-0.1, -0.05) is 18.2 Å². The van der Waals surface area contributed by atoms with Crippen molar-refractivity contribution in [1.82, 2.24) is 9.88 Å². The number of carbonyl (C=O) groups excluding carboxylic acids is 1. The van der Waals surface area contributed by atoms with E-state index in [1.807, 2.05) is 34.7 Å². The number of rotatable bonds is 2. The van der Waals surface area contributed by atoms with Crippen molar-refractivity contribution in [1.29, 1.82) is 0 Å². The van der Waals surface area contributed by atoms with Crippen LogP contribution in [0.4, 0.5) is 5.13 Å². The number of piperazine rings is 1. The van der Waals surface area contributed by atoms with E-state index in [9.17, 15) is 4.79 Å². The number of benzene rings is 1. The number of para-hydroxylation sites is 1. The first kappa shape index (κ1) is 15.4. The molecule has 0 N–H and O–H groups in total. The van der Waals surface area contributed by atoms with E-state index in [-0.39, 0.29) is 11.8 Å². The van der Waals surface area contributed by atoms with Gasteiger partial charge < -0.3 is 14.5 Å². The third-order valence-corrected chi connectivity index (χ3v) is 5.63. The molecule has 1 aromatic heterocycles. The number of fused-ring (bicyclic) bond motifs is 1. The quantitative estimate of drug-likeness (QED) is 0.840. The molecule has 6 heteroatoms. The van der Waals surface area contributed by atoms with Crippen LogP contribution < -0.4 is 9.64 Å². The van der Waals surface area contributed by atoms with E-state index in [1.165, 1.54) is 0 Å². The summed E-state index contributed by atoms with van der Waals surface area (Å²) in [6.07, 6.45) is 3.41. The van der Waals surface area contributed by atoms with E-state index < -0.39 is 0 Å². The van der Waals surface area contributed by atoms with Gasteiger partial charge in [-0.3, -0.25) is 4.79 Å². The van der Waals surface area contributed by atoms with E-state index in [1.54, 1.807) is 11.3 Å². The third-order valence-electron chi connectivity index (χ3n) is 4.79. The maximum absolute atomic E-state index is 12.9. The van der Waals surface area contributed by atoms with Crippen LogP contribution in [0.5, 0.6) is 5.75 Å². The summed E-state index contributed by atoms with van der Waals surface area (Å²) in [6.45, 7) is 3.89. The van der Waals surface area contributed by atoms with E-state index in [2.05, 4.69) is 16.0 Å². The average molecular weight is 343 g/mol.